The molecule has 0 saturated carbocycles. The molecule has 0 aliphatic rings. The zero-order valence-electron chi connectivity index (χ0n) is 24.3. The summed E-state index contributed by atoms with van der Waals surface area (Å²) in [6.07, 6.45) is -1.99. The maximum absolute atomic E-state index is 12.5. The van der Waals surface area contributed by atoms with Gasteiger partial charge in [-0.2, -0.15) is 0 Å². The van der Waals surface area contributed by atoms with Crippen molar-refractivity contribution in [2.75, 3.05) is 13.7 Å². The number of hydrogen-bond acceptors (Lipinski definition) is 11. The Morgan fingerprint density at radius 2 is 1.34 bits per heavy atom. The molecule has 2 rings (SSSR count). The Bertz CT molecular complexity index is 1150. The van der Waals surface area contributed by atoms with E-state index in [1.54, 1.807) is 57.2 Å². The van der Waals surface area contributed by atoms with Gasteiger partial charge in [0.05, 0.1) is 12.7 Å². The molecule has 11 heteroatoms. The van der Waals surface area contributed by atoms with Crippen molar-refractivity contribution in [1.29, 1.82) is 0 Å². The van der Waals surface area contributed by atoms with Gasteiger partial charge in [0, 0.05) is 6.54 Å². The van der Waals surface area contributed by atoms with E-state index in [1.165, 1.54) is 19.2 Å². The first-order valence-electron chi connectivity index (χ1n) is 13.5. The highest BCUT2D eigenvalue weighted by atomic mass is 16.7. The standard InChI is InChI=1S/C30H39NO10/c1-7-19(3)38-29(34)40-25-15-14-22(17-26(25)41-30(35)39-20(4)8-2)16-24(28(33)36-6)31-18-21(5)37-27(32)23-12-10-9-11-13-23/h9-15,17,19-21,24,31H,7-8,16,18H2,1-6H3/t19?,20?,21?,24-/m0/s1. The van der Waals surface area contributed by atoms with Gasteiger partial charge in [-0.1, -0.05) is 38.1 Å². The summed E-state index contributed by atoms with van der Waals surface area (Å²) in [6, 6.07) is 12.2. The van der Waals surface area contributed by atoms with Crippen molar-refractivity contribution in [3.63, 3.8) is 0 Å². The van der Waals surface area contributed by atoms with Crippen molar-refractivity contribution < 1.29 is 47.6 Å². The second-order valence-corrected chi connectivity index (χ2v) is 9.43. The van der Waals surface area contributed by atoms with Crippen LogP contribution in [-0.4, -0.2) is 62.3 Å². The summed E-state index contributed by atoms with van der Waals surface area (Å²) in [6.45, 7) is 8.98. The number of hydrogen-bond donors (Lipinski definition) is 1. The average Bonchev–Trinajstić information content (AvgIpc) is 2.96. The molecule has 224 valence electrons. The lowest BCUT2D eigenvalue weighted by molar-refractivity contribution is -0.143. The lowest BCUT2D eigenvalue weighted by atomic mass is 10.0. The van der Waals surface area contributed by atoms with Gasteiger partial charge in [0.2, 0.25) is 0 Å². The van der Waals surface area contributed by atoms with Gasteiger partial charge < -0.3 is 33.7 Å². The highest BCUT2D eigenvalue weighted by molar-refractivity contribution is 5.89. The van der Waals surface area contributed by atoms with Gasteiger partial charge in [-0.05, 0) is 69.9 Å². The lowest BCUT2D eigenvalue weighted by Gasteiger charge is -2.20. The van der Waals surface area contributed by atoms with Crippen LogP contribution in [0, 0.1) is 0 Å². The summed E-state index contributed by atoms with van der Waals surface area (Å²) >= 11 is 0. The topological polar surface area (TPSA) is 136 Å². The van der Waals surface area contributed by atoms with Gasteiger partial charge in [-0.25, -0.2) is 14.4 Å². The van der Waals surface area contributed by atoms with Gasteiger partial charge in [0.1, 0.15) is 24.4 Å². The van der Waals surface area contributed by atoms with Crippen LogP contribution in [0.15, 0.2) is 48.5 Å². The SMILES string of the molecule is CCC(C)OC(=O)Oc1ccc(C[C@H](NCC(C)OC(=O)c2ccccc2)C(=O)OC)cc1OC(=O)OC(C)CC. The molecular weight excluding hydrogens is 534 g/mol. The van der Waals surface area contributed by atoms with Crippen molar-refractivity contribution in [1.82, 2.24) is 5.32 Å². The van der Waals surface area contributed by atoms with Crippen molar-refractivity contribution in [3.05, 3.63) is 59.7 Å². The molecule has 4 atom stereocenters. The van der Waals surface area contributed by atoms with Crippen LogP contribution in [0.5, 0.6) is 11.5 Å². The smallest absolute Gasteiger partial charge is 0.468 e. The number of carbonyl (C=O) groups excluding carboxylic acids is 4. The summed E-state index contributed by atoms with van der Waals surface area (Å²) in [4.78, 5) is 49.5. The van der Waals surface area contributed by atoms with Crippen LogP contribution < -0.4 is 14.8 Å². The molecule has 0 aromatic heterocycles. The van der Waals surface area contributed by atoms with Crippen molar-refractivity contribution in [2.45, 2.75) is 78.2 Å². The Balaban J connectivity index is 2.17. The first-order valence-corrected chi connectivity index (χ1v) is 13.5. The normalized spacial score (nSPS) is 13.6. The largest absolute Gasteiger partial charge is 0.514 e. The van der Waals surface area contributed by atoms with E-state index in [2.05, 4.69) is 5.32 Å². The van der Waals surface area contributed by atoms with Gasteiger partial charge >= 0.3 is 24.2 Å². The minimum atomic E-state index is -0.978. The molecule has 0 fully saturated rings. The number of nitrogens with one attached hydrogen (secondary N) is 1. The van der Waals surface area contributed by atoms with Gasteiger partial charge in [-0.3, -0.25) is 4.79 Å². The second-order valence-electron chi connectivity index (χ2n) is 9.43. The molecule has 0 aliphatic carbocycles. The molecule has 41 heavy (non-hydrogen) atoms. The Labute approximate surface area is 240 Å². The third-order valence-electron chi connectivity index (χ3n) is 6.03. The Hall–Kier alpha value is -4.12. The summed E-state index contributed by atoms with van der Waals surface area (Å²) in [5.41, 5.74) is 0.967. The van der Waals surface area contributed by atoms with Crippen LogP contribution in [0.4, 0.5) is 9.59 Å². The molecule has 0 spiro atoms. The molecule has 11 nitrogen and oxygen atoms in total. The number of esters is 2. The third kappa shape index (κ3) is 11.5. The monoisotopic (exact) mass is 573 g/mol. The second kappa shape index (κ2) is 16.9. The minimum Gasteiger partial charge on any atom is -0.468 e. The maximum atomic E-state index is 12.5. The van der Waals surface area contributed by atoms with E-state index in [0.29, 0.717) is 24.0 Å². The van der Waals surface area contributed by atoms with E-state index in [1.807, 2.05) is 13.8 Å². The molecule has 2 aromatic rings. The Kier molecular flexibility index (Phi) is 13.6. The Morgan fingerprint density at radius 1 is 0.756 bits per heavy atom. The van der Waals surface area contributed by atoms with E-state index >= 15 is 0 Å². The highest BCUT2D eigenvalue weighted by Crippen LogP contribution is 2.30. The molecule has 0 bridgehead atoms. The molecule has 0 aliphatic heterocycles. The summed E-state index contributed by atoms with van der Waals surface area (Å²) < 4.78 is 31.4. The van der Waals surface area contributed by atoms with Crippen LogP contribution >= 0.6 is 0 Å². The fraction of sp³-hybridized carbons (Fsp3) is 0.467. The van der Waals surface area contributed by atoms with E-state index in [4.69, 9.17) is 28.4 Å². The molecule has 0 radical (unpaired) electrons. The zero-order chi connectivity index (χ0) is 30.4. The maximum Gasteiger partial charge on any atom is 0.514 e. The number of methoxy groups -OCH3 is 1. The molecule has 3 unspecified atom stereocenters. The molecule has 0 saturated heterocycles. The first kappa shape index (κ1) is 33.1. The summed E-state index contributed by atoms with van der Waals surface area (Å²) in [7, 11) is 1.26. The minimum absolute atomic E-state index is 0.0628. The van der Waals surface area contributed by atoms with Crippen LogP contribution in [0.25, 0.3) is 0 Å². The van der Waals surface area contributed by atoms with Crippen LogP contribution in [0.2, 0.25) is 0 Å². The van der Waals surface area contributed by atoms with Gasteiger partial charge in [0.25, 0.3) is 0 Å². The number of carbonyl (C=O) groups is 4. The predicted octanol–water partition coefficient (Wildman–Crippen LogP) is 5.23. The van der Waals surface area contributed by atoms with E-state index in [9.17, 15) is 19.2 Å². The zero-order valence-corrected chi connectivity index (χ0v) is 24.3. The highest BCUT2D eigenvalue weighted by Gasteiger charge is 2.24. The lowest BCUT2D eigenvalue weighted by Crippen LogP contribution is -2.43. The summed E-state index contributed by atoms with van der Waals surface area (Å²) in [5, 5.41) is 3.05. The average molecular weight is 574 g/mol. The van der Waals surface area contributed by atoms with Gasteiger partial charge in [0.15, 0.2) is 11.5 Å². The molecular formula is C30H39NO10. The first-order chi connectivity index (χ1) is 19.6. The number of benzene rings is 2. The molecule has 1 N–H and O–H groups in total. The third-order valence-corrected chi connectivity index (χ3v) is 6.03. The Morgan fingerprint density at radius 3 is 1.90 bits per heavy atom. The van der Waals surface area contributed by atoms with E-state index in [-0.39, 0.29) is 30.6 Å². The van der Waals surface area contributed by atoms with Crippen molar-refractivity contribution in [3.8, 4) is 11.5 Å². The molecule has 0 heterocycles. The van der Waals surface area contributed by atoms with E-state index in [0.717, 1.165) is 0 Å². The summed E-state index contributed by atoms with van der Waals surface area (Å²) in [5.74, 6) is -1.19. The van der Waals surface area contributed by atoms with Crippen LogP contribution in [0.3, 0.4) is 0 Å². The quantitative estimate of drug-likeness (QED) is 0.181. The van der Waals surface area contributed by atoms with Crippen molar-refractivity contribution >= 4 is 24.2 Å². The fourth-order valence-electron chi connectivity index (χ4n) is 3.36. The predicted molar refractivity (Wildman–Crippen MR) is 149 cm³/mol. The van der Waals surface area contributed by atoms with Crippen LogP contribution in [0.1, 0.15) is 63.4 Å². The molecule has 0 amide bonds. The number of ether oxygens (including phenoxy) is 6. The number of rotatable bonds is 14. The van der Waals surface area contributed by atoms with Gasteiger partial charge in [-0.15, -0.1) is 0 Å². The van der Waals surface area contributed by atoms with Crippen molar-refractivity contribution in [2.24, 2.45) is 0 Å². The van der Waals surface area contributed by atoms with E-state index < -0.39 is 42.5 Å². The molecule has 2 aromatic carbocycles. The fourth-order valence-corrected chi connectivity index (χ4v) is 3.36. The van der Waals surface area contributed by atoms with Crippen LogP contribution in [-0.2, 0) is 30.2 Å².